The monoisotopic (exact) mass is 588 g/mol. The lowest BCUT2D eigenvalue weighted by molar-refractivity contribution is 0.345. The molecule has 0 aromatic heterocycles. The summed E-state index contributed by atoms with van der Waals surface area (Å²) < 4.78 is 96.4. The number of rotatable bonds is 7. The Hall–Kier alpha value is -3.34. The summed E-state index contributed by atoms with van der Waals surface area (Å²) in [5.41, 5.74) is 1.29. The molecule has 0 N–H and O–H groups in total. The molecule has 0 amide bonds. The van der Waals surface area contributed by atoms with Crippen molar-refractivity contribution in [1.82, 2.24) is 0 Å². The van der Waals surface area contributed by atoms with Crippen LogP contribution in [0.5, 0.6) is 11.5 Å². The molecule has 0 bridgehead atoms. The topological polar surface area (TPSA) is 66.4 Å². The molecule has 1 fully saturated rings. The fraction of sp³-hybridized carbons (Fsp3) is 0.200. The molecular formula is C30H24F4O4S2. The predicted octanol–water partition coefficient (Wildman–Crippen LogP) is 8.08. The molecule has 1 aliphatic rings. The van der Waals surface area contributed by atoms with E-state index < -0.39 is 54.9 Å². The lowest BCUT2D eigenvalue weighted by atomic mass is 9.84. The van der Waals surface area contributed by atoms with Gasteiger partial charge in [-0.1, -0.05) is 55.7 Å². The highest BCUT2D eigenvalue weighted by Crippen LogP contribution is 2.39. The maximum atomic E-state index is 14.6. The molecular weight excluding hydrogens is 564 g/mol. The van der Waals surface area contributed by atoms with Gasteiger partial charge in [0.15, 0.2) is 26.3 Å². The Morgan fingerprint density at radius 3 is 1.88 bits per heavy atom. The number of ether oxygens (including phenoxy) is 1. The van der Waals surface area contributed by atoms with E-state index in [2.05, 4.69) is 24.3 Å². The molecule has 208 valence electrons. The van der Waals surface area contributed by atoms with Crippen molar-refractivity contribution in [3.63, 3.8) is 0 Å². The van der Waals surface area contributed by atoms with Gasteiger partial charge in [-0.25, -0.2) is 17.2 Å². The summed E-state index contributed by atoms with van der Waals surface area (Å²) in [6.07, 6.45) is 6.04. The molecule has 5 rings (SSSR count). The summed E-state index contributed by atoms with van der Waals surface area (Å²) in [6, 6.07) is 24.2. The van der Waals surface area contributed by atoms with Crippen LogP contribution in [0.4, 0.5) is 17.6 Å². The molecule has 4 aromatic carbocycles. The van der Waals surface area contributed by atoms with Crippen LogP contribution in [0.2, 0.25) is 0 Å². The van der Waals surface area contributed by atoms with E-state index in [4.69, 9.17) is 4.74 Å². The molecule has 0 aliphatic heterocycles. The van der Waals surface area contributed by atoms with Gasteiger partial charge < -0.3 is 9.29 Å². The van der Waals surface area contributed by atoms with Crippen LogP contribution in [-0.4, -0.2) is 13.0 Å². The summed E-state index contributed by atoms with van der Waals surface area (Å²) in [5, 5.41) is 0. The van der Waals surface area contributed by atoms with Gasteiger partial charge in [0.25, 0.3) is 0 Å². The minimum atomic E-state index is -5.82. The van der Waals surface area contributed by atoms with Crippen molar-refractivity contribution >= 4 is 21.0 Å². The average Bonchev–Trinajstić information content (AvgIpc) is 2.95. The van der Waals surface area contributed by atoms with Crippen molar-refractivity contribution in [3.8, 4) is 11.5 Å². The van der Waals surface area contributed by atoms with Crippen LogP contribution in [0.1, 0.15) is 43.6 Å². The van der Waals surface area contributed by atoms with E-state index in [1.165, 1.54) is 49.8 Å². The Balaban J connectivity index is 1.52. The second-order valence-electron chi connectivity index (χ2n) is 9.47. The first-order valence-corrected chi connectivity index (χ1v) is 15.3. The second-order valence-corrected chi connectivity index (χ2v) is 12.8. The third-order valence-corrected chi connectivity index (χ3v) is 9.94. The van der Waals surface area contributed by atoms with Crippen LogP contribution in [-0.2, 0) is 21.0 Å². The van der Waals surface area contributed by atoms with E-state index >= 15 is 0 Å². The zero-order valence-corrected chi connectivity index (χ0v) is 22.7. The van der Waals surface area contributed by atoms with E-state index in [1.54, 1.807) is 12.1 Å². The van der Waals surface area contributed by atoms with Gasteiger partial charge in [-0.05, 0) is 60.7 Å². The third kappa shape index (κ3) is 5.75. The highest BCUT2D eigenvalue weighted by atomic mass is 32.2. The first-order chi connectivity index (χ1) is 19.1. The zero-order chi connectivity index (χ0) is 28.4. The highest BCUT2D eigenvalue weighted by Gasteiger charge is 2.32. The van der Waals surface area contributed by atoms with Crippen LogP contribution < -0.4 is 4.74 Å². The average molecular weight is 589 g/mol. The SMILES string of the molecule is O=S(=O)([O-])c1c(F)c(F)c(Oc2cccc([S+](c3ccccc3)c3ccc(C4CCCCC4)cc3)c2)c(F)c1F. The lowest BCUT2D eigenvalue weighted by Crippen LogP contribution is -2.11. The lowest BCUT2D eigenvalue weighted by Gasteiger charge is -2.22. The van der Waals surface area contributed by atoms with Crippen molar-refractivity contribution in [2.24, 2.45) is 0 Å². The smallest absolute Gasteiger partial charge is 0.205 e. The normalized spacial score (nSPS) is 15.1. The maximum Gasteiger partial charge on any atom is 0.205 e. The van der Waals surface area contributed by atoms with E-state index in [9.17, 15) is 30.5 Å². The van der Waals surface area contributed by atoms with Crippen molar-refractivity contribution in [2.75, 3.05) is 0 Å². The van der Waals surface area contributed by atoms with Crippen LogP contribution in [0.25, 0.3) is 0 Å². The van der Waals surface area contributed by atoms with Crippen LogP contribution in [0, 0.1) is 23.3 Å². The quantitative estimate of drug-likeness (QED) is 0.0948. The van der Waals surface area contributed by atoms with Crippen molar-refractivity contribution in [3.05, 3.63) is 108 Å². The van der Waals surface area contributed by atoms with Gasteiger partial charge in [0.1, 0.15) is 20.8 Å². The summed E-state index contributed by atoms with van der Waals surface area (Å²) >= 11 is 0. The minimum absolute atomic E-state index is 0.140. The molecule has 10 heteroatoms. The van der Waals surface area contributed by atoms with Crippen molar-refractivity contribution in [2.45, 2.75) is 57.6 Å². The molecule has 0 radical (unpaired) electrons. The van der Waals surface area contributed by atoms with Gasteiger partial charge in [-0.2, -0.15) is 8.78 Å². The van der Waals surface area contributed by atoms with Crippen LogP contribution in [0.3, 0.4) is 0 Å². The number of benzene rings is 4. The number of hydrogen-bond acceptors (Lipinski definition) is 4. The van der Waals surface area contributed by atoms with Gasteiger partial charge in [0.2, 0.25) is 17.4 Å². The Morgan fingerprint density at radius 1 is 0.700 bits per heavy atom. The fourth-order valence-electron chi connectivity index (χ4n) is 4.96. The van der Waals surface area contributed by atoms with Gasteiger partial charge in [-0.3, -0.25) is 0 Å². The Bertz CT molecular complexity index is 1590. The van der Waals surface area contributed by atoms with Gasteiger partial charge in [-0.15, -0.1) is 0 Å². The molecule has 1 saturated carbocycles. The van der Waals surface area contributed by atoms with Crippen LogP contribution >= 0.6 is 0 Å². The van der Waals surface area contributed by atoms with Gasteiger partial charge >= 0.3 is 0 Å². The van der Waals surface area contributed by atoms with E-state index in [0.29, 0.717) is 10.8 Å². The Morgan fingerprint density at radius 2 is 1.27 bits per heavy atom. The molecule has 4 aromatic rings. The predicted molar refractivity (Wildman–Crippen MR) is 142 cm³/mol. The molecule has 0 saturated heterocycles. The summed E-state index contributed by atoms with van der Waals surface area (Å²) in [5.74, 6) is -10.0. The van der Waals surface area contributed by atoms with Crippen LogP contribution in [0.15, 0.2) is 98.4 Å². The van der Waals surface area contributed by atoms with Crippen molar-refractivity contribution < 1.29 is 35.3 Å². The summed E-state index contributed by atoms with van der Waals surface area (Å²) in [6.45, 7) is 0. The third-order valence-electron chi connectivity index (χ3n) is 6.87. The molecule has 4 nitrogen and oxygen atoms in total. The van der Waals surface area contributed by atoms with Gasteiger partial charge in [0, 0.05) is 6.07 Å². The van der Waals surface area contributed by atoms with E-state index in [-0.39, 0.29) is 5.75 Å². The first kappa shape index (κ1) is 28.2. The molecule has 1 unspecified atom stereocenters. The maximum absolute atomic E-state index is 14.6. The first-order valence-electron chi connectivity index (χ1n) is 12.6. The molecule has 1 atom stereocenters. The van der Waals surface area contributed by atoms with E-state index in [0.717, 1.165) is 9.79 Å². The molecule has 1 aliphatic carbocycles. The Labute approximate surface area is 232 Å². The van der Waals surface area contributed by atoms with Crippen molar-refractivity contribution in [1.29, 1.82) is 0 Å². The Kier molecular flexibility index (Phi) is 8.21. The molecule has 40 heavy (non-hydrogen) atoms. The van der Waals surface area contributed by atoms with E-state index in [1.807, 2.05) is 30.3 Å². The second kappa shape index (κ2) is 11.6. The molecule has 0 heterocycles. The fourth-order valence-corrected chi connectivity index (χ4v) is 7.68. The highest BCUT2D eigenvalue weighted by molar-refractivity contribution is 7.97. The number of halogens is 4. The van der Waals surface area contributed by atoms with Gasteiger partial charge in [0.05, 0.1) is 10.9 Å². The molecule has 0 spiro atoms. The largest absolute Gasteiger partial charge is 0.744 e. The summed E-state index contributed by atoms with van der Waals surface area (Å²) in [4.78, 5) is 0.424. The zero-order valence-electron chi connectivity index (χ0n) is 21.1. The summed E-state index contributed by atoms with van der Waals surface area (Å²) in [7, 11) is -6.49. The minimum Gasteiger partial charge on any atom is -0.744 e. The standard InChI is InChI=1S/C30H24F4O4S2/c31-25-27(33)30(40(35,36)37)28(34)26(32)29(25)38-21-10-7-13-24(18-21)39(22-11-5-2-6-12-22)23-16-14-20(15-17-23)19-8-3-1-4-9-19/h2,5-7,10-19H,1,3-4,8-9H2. The number of hydrogen-bond donors (Lipinski definition) is 0.